The Morgan fingerprint density at radius 2 is 1.82 bits per heavy atom. The SMILES string of the molecule is C=C1C(=O)N(c2ccccc2)N(C)C1C(C)C. The molecule has 1 aromatic rings. The van der Waals surface area contributed by atoms with Gasteiger partial charge in [-0.15, -0.1) is 0 Å². The van der Waals surface area contributed by atoms with Crippen LogP contribution in [0.15, 0.2) is 42.5 Å². The number of likely N-dealkylation sites (N-methyl/N-ethyl adjacent to an activating group) is 1. The highest BCUT2D eigenvalue weighted by Gasteiger charge is 2.40. The van der Waals surface area contributed by atoms with Gasteiger partial charge >= 0.3 is 0 Å². The number of hydrogen-bond acceptors (Lipinski definition) is 2. The first kappa shape index (κ1) is 11.9. The monoisotopic (exact) mass is 230 g/mol. The fourth-order valence-corrected chi connectivity index (χ4v) is 2.46. The standard InChI is InChI=1S/C14H18N2O/c1-10(2)13-11(3)14(17)16(15(13)4)12-8-6-5-7-9-12/h5-10,13H,3H2,1-2,4H3. The lowest BCUT2D eigenvalue weighted by Crippen LogP contribution is -2.41. The molecule has 1 unspecified atom stereocenters. The predicted molar refractivity (Wildman–Crippen MR) is 69.5 cm³/mol. The van der Waals surface area contributed by atoms with Crippen LogP contribution in [0.2, 0.25) is 0 Å². The molecule has 3 nitrogen and oxygen atoms in total. The van der Waals surface area contributed by atoms with E-state index >= 15 is 0 Å². The van der Waals surface area contributed by atoms with E-state index in [9.17, 15) is 4.79 Å². The quantitative estimate of drug-likeness (QED) is 0.729. The molecule has 1 aromatic carbocycles. The Morgan fingerprint density at radius 1 is 1.24 bits per heavy atom. The van der Waals surface area contributed by atoms with Crippen molar-refractivity contribution in [3.63, 3.8) is 0 Å². The summed E-state index contributed by atoms with van der Waals surface area (Å²) in [5.41, 5.74) is 1.57. The summed E-state index contributed by atoms with van der Waals surface area (Å²) < 4.78 is 0. The Balaban J connectivity index is 2.38. The minimum absolute atomic E-state index is 0.00241. The Kier molecular flexibility index (Phi) is 3.03. The van der Waals surface area contributed by atoms with E-state index in [0.717, 1.165) is 5.69 Å². The molecule has 1 aliphatic heterocycles. The van der Waals surface area contributed by atoms with E-state index in [1.165, 1.54) is 0 Å². The number of carbonyl (C=O) groups is 1. The molecule has 1 aliphatic rings. The van der Waals surface area contributed by atoms with Crippen molar-refractivity contribution in [3.05, 3.63) is 42.5 Å². The summed E-state index contributed by atoms with van der Waals surface area (Å²) in [7, 11) is 1.94. The van der Waals surface area contributed by atoms with Crippen LogP contribution >= 0.6 is 0 Å². The number of carbonyl (C=O) groups excluding carboxylic acids is 1. The Bertz CT molecular complexity index is 439. The van der Waals surface area contributed by atoms with E-state index in [2.05, 4.69) is 20.4 Å². The summed E-state index contributed by atoms with van der Waals surface area (Å²) in [6, 6.07) is 9.76. The van der Waals surface area contributed by atoms with E-state index in [1.54, 1.807) is 5.01 Å². The van der Waals surface area contributed by atoms with Crippen molar-refractivity contribution in [1.29, 1.82) is 0 Å². The molecule has 0 bridgehead atoms. The zero-order valence-corrected chi connectivity index (χ0v) is 10.6. The second-order valence-electron chi connectivity index (χ2n) is 4.74. The third-order valence-electron chi connectivity index (χ3n) is 3.17. The molecule has 0 N–H and O–H groups in total. The smallest absolute Gasteiger partial charge is 0.268 e. The van der Waals surface area contributed by atoms with E-state index < -0.39 is 0 Å². The number of amides is 1. The molecule has 90 valence electrons. The Morgan fingerprint density at radius 3 is 2.29 bits per heavy atom. The van der Waals surface area contributed by atoms with E-state index in [-0.39, 0.29) is 11.9 Å². The zero-order chi connectivity index (χ0) is 12.6. The number of anilines is 1. The average Bonchev–Trinajstić information content (AvgIpc) is 2.51. The van der Waals surface area contributed by atoms with Crippen LogP contribution in [-0.2, 0) is 4.79 Å². The number of nitrogens with zero attached hydrogens (tertiary/aromatic N) is 2. The van der Waals surface area contributed by atoms with Crippen LogP contribution in [0.25, 0.3) is 0 Å². The topological polar surface area (TPSA) is 23.6 Å². The molecule has 3 heteroatoms. The maximum Gasteiger partial charge on any atom is 0.269 e. The number of benzene rings is 1. The third kappa shape index (κ3) is 1.87. The van der Waals surface area contributed by atoms with Crippen molar-refractivity contribution in [2.75, 3.05) is 12.1 Å². The highest BCUT2D eigenvalue weighted by molar-refractivity contribution is 6.07. The summed E-state index contributed by atoms with van der Waals surface area (Å²) in [6.07, 6.45) is 0. The second-order valence-corrected chi connectivity index (χ2v) is 4.74. The molecule has 1 amide bonds. The molecule has 1 fully saturated rings. The Hall–Kier alpha value is -1.61. The van der Waals surface area contributed by atoms with Crippen molar-refractivity contribution in [1.82, 2.24) is 5.01 Å². The molecule has 17 heavy (non-hydrogen) atoms. The van der Waals surface area contributed by atoms with Gasteiger partial charge in [0.1, 0.15) is 0 Å². The van der Waals surface area contributed by atoms with Gasteiger partial charge in [0, 0.05) is 12.6 Å². The van der Waals surface area contributed by atoms with Gasteiger partial charge in [-0.1, -0.05) is 38.6 Å². The normalized spacial score (nSPS) is 21.6. The van der Waals surface area contributed by atoms with Gasteiger partial charge in [0.25, 0.3) is 5.91 Å². The van der Waals surface area contributed by atoms with Gasteiger partial charge < -0.3 is 0 Å². The third-order valence-corrected chi connectivity index (χ3v) is 3.17. The molecule has 0 spiro atoms. The van der Waals surface area contributed by atoms with Crippen molar-refractivity contribution in [3.8, 4) is 0 Å². The van der Waals surface area contributed by atoms with Crippen LogP contribution in [0.3, 0.4) is 0 Å². The van der Waals surface area contributed by atoms with Gasteiger partial charge in [-0.25, -0.2) is 10.0 Å². The van der Waals surface area contributed by atoms with Crippen molar-refractivity contribution >= 4 is 11.6 Å². The molecule has 1 saturated heterocycles. The molecule has 0 radical (unpaired) electrons. The van der Waals surface area contributed by atoms with Gasteiger partial charge in [0.2, 0.25) is 0 Å². The lowest BCUT2D eigenvalue weighted by molar-refractivity contribution is -0.115. The maximum atomic E-state index is 12.2. The van der Waals surface area contributed by atoms with Crippen molar-refractivity contribution in [2.45, 2.75) is 19.9 Å². The fourth-order valence-electron chi connectivity index (χ4n) is 2.46. The summed E-state index contributed by atoms with van der Waals surface area (Å²) in [5, 5.41) is 3.68. The molecule has 1 heterocycles. The first-order valence-electron chi connectivity index (χ1n) is 5.85. The second kappa shape index (κ2) is 4.34. The van der Waals surface area contributed by atoms with Crippen molar-refractivity contribution in [2.24, 2.45) is 5.92 Å². The van der Waals surface area contributed by atoms with Gasteiger partial charge in [0.05, 0.1) is 11.7 Å². The highest BCUT2D eigenvalue weighted by atomic mass is 16.2. The van der Waals surface area contributed by atoms with Crippen LogP contribution in [0.4, 0.5) is 5.69 Å². The van der Waals surface area contributed by atoms with Gasteiger partial charge in [0.15, 0.2) is 0 Å². The number of hydrazine groups is 1. The largest absolute Gasteiger partial charge is 0.269 e. The van der Waals surface area contributed by atoms with E-state index in [4.69, 9.17) is 0 Å². The first-order valence-corrected chi connectivity index (χ1v) is 5.85. The van der Waals surface area contributed by atoms with Crippen molar-refractivity contribution < 1.29 is 4.79 Å². The highest BCUT2D eigenvalue weighted by Crippen LogP contribution is 2.31. The summed E-state index contributed by atoms with van der Waals surface area (Å²) in [6.45, 7) is 8.14. The minimum atomic E-state index is -0.00241. The molecule has 1 atom stereocenters. The lowest BCUT2D eigenvalue weighted by atomic mass is 9.98. The fraction of sp³-hybridized carbons (Fsp3) is 0.357. The lowest BCUT2D eigenvalue weighted by Gasteiger charge is -2.29. The van der Waals surface area contributed by atoms with Gasteiger partial charge in [-0.2, -0.15) is 0 Å². The maximum absolute atomic E-state index is 12.2. The number of rotatable bonds is 2. The molecular weight excluding hydrogens is 212 g/mol. The van der Waals surface area contributed by atoms with Crippen LogP contribution < -0.4 is 5.01 Å². The van der Waals surface area contributed by atoms with Crippen LogP contribution in [0.5, 0.6) is 0 Å². The molecule has 0 saturated carbocycles. The molecular formula is C14H18N2O. The number of hydrogen-bond donors (Lipinski definition) is 0. The zero-order valence-electron chi connectivity index (χ0n) is 10.6. The van der Waals surface area contributed by atoms with Gasteiger partial charge in [-0.05, 0) is 18.1 Å². The van der Waals surface area contributed by atoms with Gasteiger partial charge in [-0.3, -0.25) is 4.79 Å². The molecule has 0 aliphatic carbocycles. The van der Waals surface area contributed by atoms with E-state index in [0.29, 0.717) is 11.5 Å². The van der Waals surface area contributed by atoms with E-state index in [1.807, 2.05) is 42.4 Å². The summed E-state index contributed by atoms with van der Waals surface area (Å²) in [4.78, 5) is 12.2. The average molecular weight is 230 g/mol. The predicted octanol–water partition coefficient (Wildman–Crippen LogP) is 2.46. The summed E-state index contributed by atoms with van der Waals surface area (Å²) >= 11 is 0. The molecule has 2 rings (SSSR count). The first-order chi connectivity index (χ1) is 8.04. The minimum Gasteiger partial charge on any atom is -0.268 e. The Labute approximate surface area is 102 Å². The van der Waals surface area contributed by atoms with Crippen LogP contribution in [-0.4, -0.2) is 24.0 Å². The molecule has 0 aromatic heterocycles. The van der Waals surface area contributed by atoms with Crippen LogP contribution in [0, 0.1) is 5.92 Å². The number of para-hydroxylation sites is 1. The van der Waals surface area contributed by atoms with Crippen LogP contribution in [0.1, 0.15) is 13.8 Å². The summed E-state index contributed by atoms with van der Waals surface area (Å²) in [5.74, 6) is 0.363.